The van der Waals surface area contributed by atoms with Crippen LogP contribution in [0.2, 0.25) is 5.02 Å². The Hall–Kier alpha value is -2.96. The van der Waals surface area contributed by atoms with Gasteiger partial charge < -0.3 is 5.32 Å². The van der Waals surface area contributed by atoms with Crippen molar-refractivity contribution in [1.29, 1.82) is 0 Å². The van der Waals surface area contributed by atoms with Crippen LogP contribution < -0.4 is 10.6 Å². The molecule has 7 heteroatoms. The van der Waals surface area contributed by atoms with Gasteiger partial charge in [-0.25, -0.2) is 4.98 Å². The molecule has 5 rings (SSSR count). The van der Waals surface area contributed by atoms with Crippen molar-refractivity contribution < 1.29 is 9.59 Å². The van der Waals surface area contributed by atoms with Crippen LogP contribution in [0.5, 0.6) is 0 Å². The van der Waals surface area contributed by atoms with Crippen LogP contribution in [-0.2, 0) is 9.59 Å². The number of nitrogens with one attached hydrogen (secondary N) is 2. The second-order valence-corrected chi connectivity index (χ2v) is 10.9. The first kappa shape index (κ1) is 21.9. The number of fused-ring (bicyclic) bond motifs is 1. The third-order valence-electron chi connectivity index (χ3n) is 6.20. The van der Waals surface area contributed by atoms with E-state index in [4.69, 9.17) is 11.6 Å². The lowest BCUT2D eigenvalue weighted by Gasteiger charge is -2.39. The Morgan fingerprint density at radius 1 is 1.15 bits per heavy atom. The Morgan fingerprint density at radius 3 is 2.61 bits per heavy atom. The lowest BCUT2D eigenvalue weighted by atomic mass is 9.68. The molecule has 0 saturated carbocycles. The Balaban J connectivity index is 1.57. The topological polar surface area (TPSA) is 71.1 Å². The van der Waals surface area contributed by atoms with Crippen LogP contribution in [0, 0.1) is 5.41 Å². The summed E-state index contributed by atoms with van der Waals surface area (Å²) in [6.45, 7) is 6.09. The summed E-state index contributed by atoms with van der Waals surface area (Å²) in [4.78, 5) is 31.5. The third kappa shape index (κ3) is 4.09. The molecule has 1 aromatic heterocycles. The van der Waals surface area contributed by atoms with Gasteiger partial charge in [0.25, 0.3) is 5.91 Å². The standard InChI is InChI=1S/C26H24ClN3O2S/c1-14-21(24(32)30-25-29-17-6-4-5-7-20(17)33-25)22(15-8-10-16(27)11-9-15)23-18(28-14)12-26(2,3)13-19(23)31/h4-11,22,28H,12-13H2,1-3H3,(H,29,30,32)/t22-/m0/s1. The van der Waals surface area contributed by atoms with E-state index < -0.39 is 5.92 Å². The Kier molecular flexibility index (Phi) is 5.38. The first-order valence-electron chi connectivity index (χ1n) is 10.9. The van der Waals surface area contributed by atoms with Crippen LogP contribution in [0.1, 0.15) is 45.1 Å². The maximum absolute atomic E-state index is 13.6. The molecule has 0 spiro atoms. The molecule has 1 aliphatic carbocycles. The summed E-state index contributed by atoms with van der Waals surface area (Å²) in [6, 6.07) is 15.2. The fourth-order valence-corrected chi connectivity index (χ4v) is 5.80. The average molecular weight is 478 g/mol. The van der Waals surface area contributed by atoms with Gasteiger partial charge >= 0.3 is 0 Å². The van der Waals surface area contributed by atoms with Crippen molar-refractivity contribution in [2.75, 3.05) is 5.32 Å². The largest absolute Gasteiger partial charge is 0.362 e. The summed E-state index contributed by atoms with van der Waals surface area (Å²) in [5.41, 5.74) is 4.45. The summed E-state index contributed by atoms with van der Waals surface area (Å²) in [6.07, 6.45) is 1.20. The van der Waals surface area contributed by atoms with E-state index in [1.807, 2.05) is 43.3 Å². The molecule has 33 heavy (non-hydrogen) atoms. The first-order chi connectivity index (χ1) is 15.7. The number of hydrogen-bond acceptors (Lipinski definition) is 5. The zero-order valence-electron chi connectivity index (χ0n) is 18.7. The molecule has 5 nitrogen and oxygen atoms in total. The number of hydrogen-bond donors (Lipinski definition) is 2. The summed E-state index contributed by atoms with van der Waals surface area (Å²) >= 11 is 7.57. The zero-order valence-corrected chi connectivity index (χ0v) is 20.2. The molecule has 0 fully saturated rings. The summed E-state index contributed by atoms with van der Waals surface area (Å²) in [5.74, 6) is -0.647. The predicted molar refractivity (Wildman–Crippen MR) is 133 cm³/mol. The highest BCUT2D eigenvalue weighted by molar-refractivity contribution is 7.22. The first-order valence-corrected chi connectivity index (χ1v) is 12.1. The van der Waals surface area contributed by atoms with E-state index in [-0.39, 0.29) is 17.1 Å². The van der Waals surface area contributed by atoms with Gasteiger partial charge in [0.05, 0.1) is 10.2 Å². The summed E-state index contributed by atoms with van der Waals surface area (Å²) in [7, 11) is 0. The van der Waals surface area contributed by atoms with Gasteiger partial charge in [-0.3, -0.25) is 14.9 Å². The summed E-state index contributed by atoms with van der Waals surface area (Å²) in [5, 5.41) is 7.52. The highest BCUT2D eigenvalue weighted by Crippen LogP contribution is 2.47. The minimum absolute atomic E-state index is 0.0755. The van der Waals surface area contributed by atoms with E-state index in [9.17, 15) is 9.59 Å². The van der Waals surface area contributed by atoms with Crippen molar-refractivity contribution in [2.45, 2.75) is 39.5 Å². The van der Waals surface area contributed by atoms with Crippen LogP contribution in [-0.4, -0.2) is 16.7 Å². The molecule has 1 aliphatic heterocycles. The number of rotatable bonds is 3. The van der Waals surface area contributed by atoms with Crippen molar-refractivity contribution in [3.63, 3.8) is 0 Å². The quantitative estimate of drug-likeness (QED) is 0.471. The number of carbonyl (C=O) groups excluding carboxylic acids is 2. The molecule has 2 heterocycles. The minimum Gasteiger partial charge on any atom is -0.362 e. The molecular weight excluding hydrogens is 454 g/mol. The van der Waals surface area contributed by atoms with Crippen LogP contribution in [0.4, 0.5) is 5.13 Å². The lowest BCUT2D eigenvalue weighted by molar-refractivity contribution is -0.118. The highest BCUT2D eigenvalue weighted by atomic mass is 35.5. The van der Waals surface area contributed by atoms with E-state index in [1.165, 1.54) is 11.3 Å². The van der Waals surface area contributed by atoms with E-state index in [1.54, 1.807) is 12.1 Å². The van der Waals surface area contributed by atoms with E-state index in [0.29, 0.717) is 27.7 Å². The second kappa shape index (κ2) is 8.12. The molecule has 0 bridgehead atoms. The van der Waals surface area contributed by atoms with Crippen molar-refractivity contribution in [3.05, 3.63) is 81.7 Å². The number of ketones is 1. The van der Waals surface area contributed by atoms with E-state index in [0.717, 1.165) is 33.6 Å². The number of anilines is 1. The molecule has 168 valence electrons. The van der Waals surface area contributed by atoms with Gasteiger partial charge in [-0.1, -0.05) is 61.1 Å². The molecule has 2 aromatic carbocycles. The smallest absolute Gasteiger partial charge is 0.256 e. The molecule has 0 radical (unpaired) electrons. The predicted octanol–water partition coefficient (Wildman–Crippen LogP) is 6.19. The zero-order chi connectivity index (χ0) is 23.3. The fraction of sp³-hybridized carbons (Fsp3) is 0.269. The number of Topliss-reactive ketones (excluding diaryl/α,β-unsaturated/α-hetero) is 1. The molecule has 2 N–H and O–H groups in total. The molecule has 1 amide bonds. The maximum atomic E-state index is 13.6. The number of aromatic nitrogens is 1. The van der Waals surface area contributed by atoms with Crippen LogP contribution in [0.3, 0.4) is 0 Å². The number of para-hydroxylation sites is 1. The van der Waals surface area contributed by atoms with E-state index >= 15 is 0 Å². The molecule has 2 aliphatic rings. The van der Waals surface area contributed by atoms with Crippen molar-refractivity contribution in [2.24, 2.45) is 5.41 Å². The molecular formula is C26H24ClN3O2S. The number of benzene rings is 2. The number of nitrogens with zero attached hydrogens (tertiary/aromatic N) is 1. The number of dihydropyridines is 1. The van der Waals surface area contributed by atoms with Gasteiger partial charge in [0.2, 0.25) is 0 Å². The van der Waals surface area contributed by atoms with Crippen molar-refractivity contribution >= 4 is 50.0 Å². The Labute approximate surface area is 201 Å². The maximum Gasteiger partial charge on any atom is 0.256 e. The SMILES string of the molecule is CC1=C(C(=O)Nc2nc3ccccc3s2)[C@H](c2ccc(Cl)cc2)C2=C(CC(C)(C)CC2=O)N1. The minimum atomic E-state index is -0.462. The highest BCUT2D eigenvalue weighted by Gasteiger charge is 2.42. The summed E-state index contributed by atoms with van der Waals surface area (Å²) < 4.78 is 1.00. The number of allylic oxidation sites excluding steroid dienone is 3. The molecule has 1 atom stereocenters. The van der Waals surface area contributed by atoms with Gasteiger partial charge in [-0.05, 0) is 48.6 Å². The molecule has 3 aromatic rings. The average Bonchev–Trinajstić information content (AvgIpc) is 3.14. The fourth-order valence-electron chi connectivity index (χ4n) is 4.82. The van der Waals surface area contributed by atoms with Crippen molar-refractivity contribution in [3.8, 4) is 0 Å². The number of thiazole rings is 1. The Morgan fingerprint density at radius 2 is 1.88 bits per heavy atom. The van der Waals surface area contributed by atoms with Gasteiger partial charge in [0, 0.05) is 39.9 Å². The van der Waals surface area contributed by atoms with Crippen LogP contribution >= 0.6 is 22.9 Å². The van der Waals surface area contributed by atoms with Crippen LogP contribution in [0.15, 0.2) is 71.1 Å². The van der Waals surface area contributed by atoms with Gasteiger partial charge in [-0.15, -0.1) is 0 Å². The molecule has 0 unspecified atom stereocenters. The van der Waals surface area contributed by atoms with Crippen molar-refractivity contribution in [1.82, 2.24) is 10.3 Å². The van der Waals surface area contributed by atoms with Gasteiger partial charge in [0.15, 0.2) is 10.9 Å². The lowest BCUT2D eigenvalue weighted by Crippen LogP contribution is -2.39. The van der Waals surface area contributed by atoms with E-state index in [2.05, 4.69) is 29.5 Å². The molecule has 0 saturated heterocycles. The van der Waals surface area contributed by atoms with Gasteiger partial charge in [0.1, 0.15) is 0 Å². The Bertz CT molecular complexity index is 1320. The normalized spacial score (nSPS) is 20.0. The second-order valence-electron chi connectivity index (χ2n) is 9.42. The number of carbonyl (C=O) groups is 2. The van der Waals surface area contributed by atoms with Gasteiger partial charge in [-0.2, -0.15) is 0 Å². The number of amides is 1. The monoisotopic (exact) mass is 477 g/mol. The third-order valence-corrected chi connectivity index (χ3v) is 7.41. The number of halogens is 1. The van der Waals surface area contributed by atoms with Crippen LogP contribution in [0.25, 0.3) is 10.2 Å².